The van der Waals surface area contributed by atoms with E-state index in [0.717, 1.165) is 11.3 Å². The number of ether oxygens (including phenoxy) is 2. The Kier molecular flexibility index (Phi) is 4.58. The van der Waals surface area contributed by atoms with E-state index >= 15 is 0 Å². The molecule has 0 aliphatic rings. The van der Waals surface area contributed by atoms with Crippen molar-refractivity contribution >= 4 is 5.97 Å². The Bertz CT molecular complexity index is 365. The molecule has 86 valence electrons. The molecule has 16 heavy (non-hydrogen) atoms. The molecule has 0 unspecified atom stereocenters. The third-order valence-corrected chi connectivity index (χ3v) is 1.95. The second kappa shape index (κ2) is 5.95. The highest BCUT2D eigenvalue weighted by molar-refractivity contribution is 5.86. The highest BCUT2D eigenvalue weighted by atomic mass is 16.5. The van der Waals surface area contributed by atoms with E-state index in [-0.39, 0.29) is 12.6 Å². The van der Waals surface area contributed by atoms with Gasteiger partial charge >= 0.3 is 5.97 Å². The maximum atomic E-state index is 11.1. The van der Waals surface area contributed by atoms with Gasteiger partial charge in [-0.05, 0) is 31.5 Å². The zero-order chi connectivity index (χ0) is 12.0. The van der Waals surface area contributed by atoms with Crippen LogP contribution in [0.1, 0.15) is 19.4 Å². The number of hydrogen-bond acceptors (Lipinski definition) is 3. The van der Waals surface area contributed by atoms with E-state index in [1.165, 1.54) is 0 Å². The molecule has 0 heterocycles. The minimum Gasteiger partial charge on any atom is -0.494 e. The van der Waals surface area contributed by atoms with Crippen LogP contribution in [0.3, 0.4) is 0 Å². The fourth-order valence-electron chi connectivity index (χ4n) is 1.12. The quantitative estimate of drug-likeness (QED) is 0.565. The molecule has 0 aliphatic heterocycles. The second-order valence-corrected chi connectivity index (χ2v) is 3.43. The lowest BCUT2D eigenvalue weighted by molar-refractivity contribution is -0.140. The van der Waals surface area contributed by atoms with Gasteiger partial charge in [0, 0.05) is 5.57 Å². The molecule has 0 amide bonds. The number of carbonyl (C=O) groups excluding carboxylic acids is 1. The molecule has 0 N–H and O–H groups in total. The monoisotopic (exact) mass is 220 g/mol. The highest BCUT2D eigenvalue weighted by Crippen LogP contribution is 2.13. The fourth-order valence-corrected chi connectivity index (χ4v) is 1.12. The molecule has 1 aromatic carbocycles. The van der Waals surface area contributed by atoms with Crippen molar-refractivity contribution in [3.63, 3.8) is 0 Å². The Morgan fingerprint density at radius 2 is 1.94 bits per heavy atom. The molecule has 3 nitrogen and oxygen atoms in total. The van der Waals surface area contributed by atoms with Crippen LogP contribution in [-0.4, -0.2) is 12.6 Å². The normalized spacial score (nSPS) is 9.62. The van der Waals surface area contributed by atoms with Crippen LogP contribution in [0.5, 0.6) is 5.75 Å². The highest BCUT2D eigenvalue weighted by Gasteiger charge is 2.03. The van der Waals surface area contributed by atoms with Gasteiger partial charge < -0.3 is 9.47 Å². The van der Waals surface area contributed by atoms with E-state index in [4.69, 9.17) is 9.47 Å². The van der Waals surface area contributed by atoms with E-state index in [2.05, 4.69) is 6.58 Å². The first-order valence-corrected chi connectivity index (χ1v) is 5.18. The molecule has 0 saturated carbocycles. The molecule has 0 spiro atoms. The van der Waals surface area contributed by atoms with Crippen molar-refractivity contribution in [2.75, 3.05) is 6.61 Å². The molecule has 0 aliphatic carbocycles. The SMILES string of the molecule is C=C(C)C(=O)OCc1ccc(OCC)cc1. The van der Waals surface area contributed by atoms with Gasteiger partial charge in [0.15, 0.2) is 0 Å². The largest absolute Gasteiger partial charge is 0.494 e. The van der Waals surface area contributed by atoms with Crippen molar-refractivity contribution in [2.24, 2.45) is 0 Å². The van der Waals surface area contributed by atoms with E-state index < -0.39 is 0 Å². The van der Waals surface area contributed by atoms with Crippen LogP contribution < -0.4 is 4.74 Å². The van der Waals surface area contributed by atoms with Crippen molar-refractivity contribution < 1.29 is 14.3 Å². The minimum absolute atomic E-state index is 0.262. The summed E-state index contributed by atoms with van der Waals surface area (Å²) in [5, 5.41) is 0. The number of benzene rings is 1. The second-order valence-electron chi connectivity index (χ2n) is 3.43. The van der Waals surface area contributed by atoms with Crippen LogP contribution in [0.25, 0.3) is 0 Å². The zero-order valence-corrected chi connectivity index (χ0v) is 9.66. The topological polar surface area (TPSA) is 35.5 Å². The Balaban J connectivity index is 2.49. The number of rotatable bonds is 5. The van der Waals surface area contributed by atoms with Crippen LogP contribution in [0.15, 0.2) is 36.4 Å². The van der Waals surface area contributed by atoms with E-state index in [1.54, 1.807) is 6.92 Å². The van der Waals surface area contributed by atoms with E-state index in [1.807, 2.05) is 31.2 Å². The summed E-state index contributed by atoms with van der Waals surface area (Å²) in [6.45, 7) is 7.97. The Morgan fingerprint density at radius 1 is 1.31 bits per heavy atom. The van der Waals surface area contributed by atoms with Crippen molar-refractivity contribution in [1.82, 2.24) is 0 Å². The lowest BCUT2D eigenvalue weighted by Gasteiger charge is -2.06. The van der Waals surface area contributed by atoms with Crippen LogP contribution in [0.4, 0.5) is 0 Å². The molecule has 1 rings (SSSR count). The first-order valence-electron chi connectivity index (χ1n) is 5.18. The molecule has 0 radical (unpaired) electrons. The lowest BCUT2D eigenvalue weighted by atomic mass is 10.2. The van der Waals surface area contributed by atoms with Gasteiger partial charge in [-0.25, -0.2) is 4.79 Å². The summed E-state index contributed by atoms with van der Waals surface area (Å²) in [5.74, 6) is 0.450. The lowest BCUT2D eigenvalue weighted by Crippen LogP contribution is -2.04. The summed E-state index contributed by atoms with van der Waals surface area (Å²) >= 11 is 0. The third kappa shape index (κ3) is 3.77. The van der Waals surface area contributed by atoms with Gasteiger partial charge in [-0.2, -0.15) is 0 Å². The molecule has 0 bridgehead atoms. The summed E-state index contributed by atoms with van der Waals surface area (Å²) in [6.07, 6.45) is 0. The van der Waals surface area contributed by atoms with Crippen LogP contribution in [0, 0.1) is 0 Å². The molecule has 0 fully saturated rings. The van der Waals surface area contributed by atoms with E-state index in [0.29, 0.717) is 12.2 Å². The smallest absolute Gasteiger partial charge is 0.333 e. The van der Waals surface area contributed by atoms with Gasteiger partial charge in [0.25, 0.3) is 0 Å². The van der Waals surface area contributed by atoms with Gasteiger partial charge in [0.1, 0.15) is 12.4 Å². The summed E-state index contributed by atoms with van der Waals surface area (Å²) < 4.78 is 10.3. The number of hydrogen-bond donors (Lipinski definition) is 0. The predicted octanol–water partition coefficient (Wildman–Crippen LogP) is 2.70. The predicted molar refractivity (Wildman–Crippen MR) is 62.2 cm³/mol. The van der Waals surface area contributed by atoms with Gasteiger partial charge in [-0.1, -0.05) is 18.7 Å². The standard InChI is InChI=1S/C13H16O3/c1-4-15-12-7-5-11(6-8-12)9-16-13(14)10(2)3/h5-8H,2,4,9H2,1,3H3. The average molecular weight is 220 g/mol. The summed E-state index contributed by atoms with van der Waals surface area (Å²) in [5.41, 5.74) is 1.34. The Labute approximate surface area is 95.7 Å². The van der Waals surface area contributed by atoms with Crippen LogP contribution in [0.2, 0.25) is 0 Å². The zero-order valence-electron chi connectivity index (χ0n) is 9.66. The molecular formula is C13H16O3. The summed E-state index contributed by atoms with van der Waals surface area (Å²) in [4.78, 5) is 11.1. The first-order chi connectivity index (χ1) is 7.63. The summed E-state index contributed by atoms with van der Waals surface area (Å²) in [7, 11) is 0. The average Bonchev–Trinajstić information content (AvgIpc) is 2.28. The number of carbonyl (C=O) groups is 1. The van der Waals surface area contributed by atoms with Gasteiger partial charge in [-0.3, -0.25) is 0 Å². The third-order valence-electron chi connectivity index (χ3n) is 1.95. The minimum atomic E-state index is -0.367. The van der Waals surface area contributed by atoms with Crippen LogP contribution >= 0.6 is 0 Å². The molecule has 0 saturated heterocycles. The molecule has 0 aromatic heterocycles. The van der Waals surface area contributed by atoms with Gasteiger partial charge in [0.2, 0.25) is 0 Å². The number of esters is 1. The molecule has 1 aromatic rings. The van der Waals surface area contributed by atoms with Gasteiger partial charge in [0.05, 0.1) is 6.61 Å². The molecule has 3 heteroatoms. The van der Waals surface area contributed by atoms with Crippen LogP contribution in [-0.2, 0) is 16.1 Å². The maximum absolute atomic E-state index is 11.1. The summed E-state index contributed by atoms with van der Waals surface area (Å²) in [6, 6.07) is 7.45. The Hall–Kier alpha value is -1.77. The van der Waals surface area contributed by atoms with Crippen molar-refractivity contribution in [3.05, 3.63) is 42.0 Å². The van der Waals surface area contributed by atoms with Gasteiger partial charge in [-0.15, -0.1) is 0 Å². The first kappa shape index (κ1) is 12.3. The molecule has 0 atom stereocenters. The van der Waals surface area contributed by atoms with Crippen molar-refractivity contribution in [3.8, 4) is 5.75 Å². The van der Waals surface area contributed by atoms with Crippen molar-refractivity contribution in [1.29, 1.82) is 0 Å². The maximum Gasteiger partial charge on any atom is 0.333 e. The fraction of sp³-hybridized carbons (Fsp3) is 0.308. The van der Waals surface area contributed by atoms with Crippen molar-refractivity contribution in [2.45, 2.75) is 20.5 Å². The van der Waals surface area contributed by atoms with E-state index in [9.17, 15) is 4.79 Å². The Morgan fingerprint density at radius 3 is 2.44 bits per heavy atom. The molecular weight excluding hydrogens is 204 g/mol.